The molecule has 1 atom stereocenters. The molecule has 0 N–H and O–H groups in total. The minimum atomic E-state index is -0.0225. The molecule has 0 aromatic heterocycles. The van der Waals surface area contributed by atoms with Gasteiger partial charge in [-0.3, -0.25) is 4.79 Å². The van der Waals surface area contributed by atoms with Crippen molar-refractivity contribution in [2.24, 2.45) is 5.92 Å². The van der Waals surface area contributed by atoms with Crippen LogP contribution in [0.3, 0.4) is 0 Å². The van der Waals surface area contributed by atoms with Crippen LogP contribution in [0.4, 0.5) is 0 Å². The van der Waals surface area contributed by atoms with Gasteiger partial charge in [-0.25, -0.2) is 0 Å². The Balaban J connectivity index is 4.56. The summed E-state index contributed by atoms with van der Waals surface area (Å²) in [4.78, 5) is 11.9. The lowest BCUT2D eigenvalue weighted by Gasteiger charge is -2.07. The second-order valence-electron chi connectivity index (χ2n) is 3.52. The number of allylic oxidation sites excluding steroid dienone is 8. The largest absolute Gasteiger partial charge is 0.294 e. The zero-order chi connectivity index (χ0) is 12.4. The molecule has 0 aromatic carbocycles. The van der Waals surface area contributed by atoms with Gasteiger partial charge in [0.25, 0.3) is 0 Å². The SMILES string of the molecule is C=C/C=C\CC(C)C(=O)/C(C=C)=C/C=C\C. The molecule has 0 aliphatic heterocycles. The maximum absolute atomic E-state index is 11.9. The van der Waals surface area contributed by atoms with E-state index in [2.05, 4.69) is 13.2 Å². The van der Waals surface area contributed by atoms with E-state index in [9.17, 15) is 4.79 Å². The van der Waals surface area contributed by atoms with Crippen LogP contribution in [0.2, 0.25) is 0 Å². The molecule has 0 bridgehead atoms. The molecule has 0 fully saturated rings. The second-order valence-corrected chi connectivity index (χ2v) is 3.52. The normalized spacial score (nSPS) is 14.2. The first kappa shape index (κ1) is 14.4. The molecule has 1 heteroatoms. The van der Waals surface area contributed by atoms with Gasteiger partial charge in [0.2, 0.25) is 0 Å². The third-order valence-electron chi connectivity index (χ3n) is 2.18. The standard InChI is InChI=1S/C15H20O/c1-5-8-10-11-13(4)15(16)14(7-3)12-9-6-2/h5-10,12-13H,1,3,11H2,2,4H3/b9-6-,10-8-,14-12+. The average Bonchev–Trinajstić information content (AvgIpc) is 2.30. The highest BCUT2D eigenvalue weighted by atomic mass is 16.1. The van der Waals surface area contributed by atoms with Crippen molar-refractivity contribution in [3.8, 4) is 0 Å². The molecule has 0 rings (SSSR count). The summed E-state index contributed by atoms with van der Waals surface area (Å²) in [5.74, 6) is 0.104. The molecule has 86 valence electrons. The van der Waals surface area contributed by atoms with E-state index < -0.39 is 0 Å². The van der Waals surface area contributed by atoms with Crippen LogP contribution >= 0.6 is 0 Å². The number of rotatable bonds is 7. The topological polar surface area (TPSA) is 17.1 Å². The van der Waals surface area contributed by atoms with Crippen LogP contribution < -0.4 is 0 Å². The van der Waals surface area contributed by atoms with E-state index in [1.807, 2.05) is 38.2 Å². The predicted molar refractivity (Wildman–Crippen MR) is 71.2 cm³/mol. The minimum absolute atomic E-state index is 0.0225. The number of ketones is 1. The Kier molecular flexibility index (Phi) is 7.78. The number of carbonyl (C=O) groups excluding carboxylic acids is 1. The first-order valence-corrected chi connectivity index (χ1v) is 5.44. The van der Waals surface area contributed by atoms with Gasteiger partial charge in [-0.2, -0.15) is 0 Å². The Morgan fingerprint density at radius 2 is 2.00 bits per heavy atom. The van der Waals surface area contributed by atoms with Crippen LogP contribution in [-0.2, 0) is 4.79 Å². The van der Waals surface area contributed by atoms with E-state index in [0.29, 0.717) is 5.57 Å². The van der Waals surface area contributed by atoms with Gasteiger partial charge < -0.3 is 0 Å². The van der Waals surface area contributed by atoms with Crippen LogP contribution in [-0.4, -0.2) is 5.78 Å². The van der Waals surface area contributed by atoms with Gasteiger partial charge in [-0.05, 0) is 13.3 Å². The van der Waals surface area contributed by atoms with E-state index in [1.54, 1.807) is 18.2 Å². The number of hydrogen-bond acceptors (Lipinski definition) is 1. The highest BCUT2D eigenvalue weighted by Gasteiger charge is 2.13. The third kappa shape index (κ3) is 5.30. The number of Topliss-reactive ketones (excluding diaryl/α,β-unsaturated/α-hetero) is 1. The zero-order valence-electron chi connectivity index (χ0n) is 10.1. The minimum Gasteiger partial charge on any atom is -0.294 e. The first-order chi connectivity index (χ1) is 7.67. The highest BCUT2D eigenvalue weighted by molar-refractivity contribution is 5.99. The van der Waals surface area contributed by atoms with Crippen LogP contribution in [0.25, 0.3) is 0 Å². The molecule has 0 amide bonds. The summed E-state index contributed by atoms with van der Waals surface area (Å²) >= 11 is 0. The molecule has 1 nitrogen and oxygen atoms in total. The van der Waals surface area contributed by atoms with E-state index >= 15 is 0 Å². The summed E-state index contributed by atoms with van der Waals surface area (Å²) in [6.45, 7) is 11.1. The summed E-state index contributed by atoms with van der Waals surface area (Å²) in [6, 6.07) is 0. The maximum Gasteiger partial charge on any atom is 0.165 e. The molecule has 16 heavy (non-hydrogen) atoms. The Labute approximate surface area is 98.6 Å². The lowest BCUT2D eigenvalue weighted by atomic mass is 9.96. The summed E-state index contributed by atoms with van der Waals surface area (Å²) in [6.07, 6.45) is 13.4. The highest BCUT2D eigenvalue weighted by Crippen LogP contribution is 2.12. The van der Waals surface area contributed by atoms with Crippen LogP contribution in [0.5, 0.6) is 0 Å². The summed E-state index contributed by atoms with van der Waals surface area (Å²) < 4.78 is 0. The van der Waals surface area contributed by atoms with Gasteiger partial charge in [-0.1, -0.05) is 62.6 Å². The Bertz CT molecular complexity index is 329. The van der Waals surface area contributed by atoms with Gasteiger partial charge in [0, 0.05) is 11.5 Å². The van der Waals surface area contributed by atoms with Crippen LogP contribution in [0.1, 0.15) is 20.3 Å². The van der Waals surface area contributed by atoms with Gasteiger partial charge in [-0.15, -0.1) is 0 Å². The van der Waals surface area contributed by atoms with Crippen molar-refractivity contribution in [2.45, 2.75) is 20.3 Å². The molecule has 0 aliphatic carbocycles. The number of carbonyl (C=O) groups is 1. The van der Waals surface area contributed by atoms with Gasteiger partial charge in [0.05, 0.1) is 0 Å². The van der Waals surface area contributed by atoms with Crippen molar-refractivity contribution < 1.29 is 4.79 Å². The van der Waals surface area contributed by atoms with Crippen molar-refractivity contribution in [1.29, 1.82) is 0 Å². The molecule has 0 radical (unpaired) electrons. The van der Waals surface area contributed by atoms with Crippen LogP contribution in [0, 0.1) is 5.92 Å². The molecular formula is C15H20O. The van der Waals surface area contributed by atoms with Crippen molar-refractivity contribution in [1.82, 2.24) is 0 Å². The summed E-state index contributed by atoms with van der Waals surface area (Å²) in [5.41, 5.74) is 0.664. The van der Waals surface area contributed by atoms with Gasteiger partial charge in [0.1, 0.15) is 0 Å². The average molecular weight is 216 g/mol. The fraction of sp³-hybridized carbons (Fsp3) is 0.267. The summed E-state index contributed by atoms with van der Waals surface area (Å²) in [7, 11) is 0. The van der Waals surface area contributed by atoms with Crippen LogP contribution in [0.15, 0.2) is 61.3 Å². The molecule has 0 aromatic rings. The smallest absolute Gasteiger partial charge is 0.165 e. The van der Waals surface area contributed by atoms with E-state index in [4.69, 9.17) is 0 Å². The Morgan fingerprint density at radius 1 is 1.31 bits per heavy atom. The zero-order valence-corrected chi connectivity index (χ0v) is 10.1. The lowest BCUT2D eigenvalue weighted by Crippen LogP contribution is -2.11. The Hall–Kier alpha value is -1.63. The molecule has 0 saturated carbocycles. The quantitative estimate of drug-likeness (QED) is 0.464. The summed E-state index contributed by atoms with van der Waals surface area (Å²) in [5, 5.41) is 0. The van der Waals surface area contributed by atoms with E-state index in [-0.39, 0.29) is 11.7 Å². The third-order valence-corrected chi connectivity index (χ3v) is 2.18. The predicted octanol–water partition coefficient (Wildman–Crippen LogP) is 4.01. The molecule has 1 unspecified atom stereocenters. The van der Waals surface area contributed by atoms with Gasteiger partial charge in [0.15, 0.2) is 5.78 Å². The molecule has 0 aliphatic rings. The fourth-order valence-electron chi connectivity index (χ4n) is 1.22. The molecular weight excluding hydrogens is 196 g/mol. The molecule has 0 saturated heterocycles. The van der Waals surface area contributed by atoms with E-state index in [1.165, 1.54) is 0 Å². The Morgan fingerprint density at radius 3 is 2.50 bits per heavy atom. The number of hydrogen-bond donors (Lipinski definition) is 0. The van der Waals surface area contributed by atoms with Crippen molar-refractivity contribution in [3.05, 3.63) is 61.3 Å². The van der Waals surface area contributed by atoms with Crippen molar-refractivity contribution in [3.63, 3.8) is 0 Å². The first-order valence-electron chi connectivity index (χ1n) is 5.44. The monoisotopic (exact) mass is 216 g/mol. The fourth-order valence-corrected chi connectivity index (χ4v) is 1.22. The molecule has 0 spiro atoms. The van der Waals surface area contributed by atoms with Crippen molar-refractivity contribution >= 4 is 5.78 Å². The van der Waals surface area contributed by atoms with Crippen molar-refractivity contribution in [2.75, 3.05) is 0 Å². The second kappa shape index (κ2) is 8.66. The van der Waals surface area contributed by atoms with E-state index in [0.717, 1.165) is 6.42 Å². The lowest BCUT2D eigenvalue weighted by molar-refractivity contribution is -0.118. The molecule has 0 heterocycles. The maximum atomic E-state index is 11.9. The van der Waals surface area contributed by atoms with Gasteiger partial charge >= 0.3 is 0 Å².